The molecule has 0 aliphatic heterocycles. The summed E-state index contributed by atoms with van der Waals surface area (Å²) in [6.45, 7) is 1.87. The van der Waals surface area contributed by atoms with E-state index in [-0.39, 0.29) is 35.3 Å². The maximum absolute atomic E-state index is 13.9. The number of aryl methyl sites for hydroxylation is 1. The topological polar surface area (TPSA) is 72.2 Å². The van der Waals surface area contributed by atoms with Crippen molar-refractivity contribution in [3.63, 3.8) is 0 Å². The highest BCUT2D eigenvalue weighted by atomic mass is 32.2. The van der Waals surface area contributed by atoms with E-state index in [4.69, 9.17) is 4.42 Å². The average molecular weight is 404 g/mol. The number of carbonyl (C=O) groups is 1. The van der Waals surface area contributed by atoms with Crippen LogP contribution in [0.3, 0.4) is 0 Å². The molecule has 5 nitrogen and oxygen atoms in total. The van der Waals surface area contributed by atoms with Gasteiger partial charge in [-0.2, -0.15) is 0 Å². The zero-order chi connectivity index (χ0) is 20.1. The summed E-state index contributed by atoms with van der Waals surface area (Å²) in [6.07, 6.45) is 0. The standard InChI is InChI=1S/C20H18F2N2O3S/c1-13-18(24-20(27-13)16-4-2-3-5-17(16)22)11-28(26)12-19(25)23-10-14-6-8-15(21)9-7-14/h2-9H,10-12H2,1H3,(H,23,25)/t28-/m1/s1. The number of hydrogen-bond donors (Lipinski definition) is 1. The summed E-state index contributed by atoms with van der Waals surface area (Å²) < 4.78 is 44.5. The van der Waals surface area contributed by atoms with Crippen LogP contribution in [-0.4, -0.2) is 20.9 Å². The summed E-state index contributed by atoms with van der Waals surface area (Å²) in [4.78, 5) is 16.2. The first-order valence-corrected chi connectivity index (χ1v) is 9.98. The van der Waals surface area contributed by atoms with E-state index in [0.717, 1.165) is 5.56 Å². The van der Waals surface area contributed by atoms with E-state index in [0.29, 0.717) is 11.5 Å². The third kappa shape index (κ3) is 5.10. The lowest BCUT2D eigenvalue weighted by Gasteiger charge is -2.05. The Balaban J connectivity index is 1.56. The van der Waals surface area contributed by atoms with Crippen molar-refractivity contribution in [2.75, 3.05) is 5.75 Å². The minimum atomic E-state index is -1.51. The van der Waals surface area contributed by atoms with Gasteiger partial charge >= 0.3 is 0 Å². The van der Waals surface area contributed by atoms with Crippen molar-refractivity contribution in [1.82, 2.24) is 10.3 Å². The Hall–Kier alpha value is -2.87. The van der Waals surface area contributed by atoms with Gasteiger partial charge in [-0.25, -0.2) is 13.8 Å². The molecule has 1 N–H and O–H groups in total. The van der Waals surface area contributed by atoms with Crippen LogP contribution in [0.15, 0.2) is 52.9 Å². The second-order valence-corrected chi connectivity index (χ2v) is 7.59. The number of carbonyl (C=O) groups excluding carboxylic acids is 1. The van der Waals surface area contributed by atoms with E-state index < -0.39 is 22.5 Å². The van der Waals surface area contributed by atoms with Crippen LogP contribution >= 0.6 is 0 Å². The number of nitrogens with one attached hydrogen (secondary N) is 1. The molecule has 8 heteroatoms. The smallest absolute Gasteiger partial charge is 0.232 e. The van der Waals surface area contributed by atoms with Crippen LogP contribution in [0, 0.1) is 18.6 Å². The summed E-state index contributed by atoms with van der Waals surface area (Å²) in [6, 6.07) is 11.8. The van der Waals surface area contributed by atoms with Gasteiger partial charge in [0.1, 0.15) is 23.1 Å². The summed E-state index contributed by atoms with van der Waals surface area (Å²) in [5, 5.41) is 2.64. The zero-order valence-electron chi connectivity index (χ0n) is 15.1. The number of aromatic nitrogens is 1. The summed E-state index contributed by atoms with van der Waals surface area (Å²) >= 11 is 0. The second kappa shape index (κ2) is 8.88. The highest BCUT2D eigenvalue weighted by Crippen LogP contribution is 2.24. The van der Waals surface area contributed by atoms with E-state index >= 15 is 0 Å². The van der Waals surface area contributed by atoms with E-state index in [2.05, 4.69) is 10.3 Å². The molecule has 0 bridgehead atoms. The summed E-state index contributed by atoms with van der Waals surface area (Å²) in [5.74, 6) is -0.846. The van der Waals surface area contributed by atoms with Crippen molar-refractivity contribution in [2.45, 2.75) is 19.2 Å². The lowest BCUT2D eigenvalue weighted by molar-refractivity contribution is -0.118. The molecule has 0 fully saturated rings. The Kier molecular flexibility index (Phi) is 6.30. The molecule has 2 aromatic carbocycles. The van der Waals surface area contributed by atoms with Gasteiger partial charge in [-0.1, -0.05) is 24.3 Å². The van der Waals surface area contributed by atoms with Crippen LogP contribution in [0.2, 0.25) is 0 Å². The Morgan fingerprint density at radius 1 is 1.14 bits per heavy atom. The fraction of sp³-hybridized carbons (Fsp3) is 0.200. The van der Waals surface area contributed by atoms with Gasteiger partial charge < -0.3 is 9.73 Å². The number of benzene rings is 2. The quantitative estimate of drug-likeness (QED) is 0.654. The third-order valence-corrected chi connectivity index (χ3v) is 5.17. The number of hydrogen-bond acceptors (Lipinski definition) is 4. The largest absolute Gasteiger partial charge is 0.441 e. The molecule has 3 aromatic rings. The van der Waals surface area contributed by atoms with Crippen LogP contribution in [0.5, 0.6) is 0 Å². The van der Waals surface area contributed by atoms with Gasteiger partial charge in [-0.3, -0.25) is 9.00 Å². The molecule has 0 aliphatic rings. The Labute approximate surface area is 163 Å². The second-order valence-electron chi connectivity index (χ2n) is 6.13. The van der Waals surface area contributed by atoms with Gasteiger partial charge in [0.15, 0.2) is 0 Å². The monoisotopic (exact) mass is 404 g/mol. The lowest BCUT2D eigenvalue weighted by Crippen LogP contribution is -2.28. The number of oxazole rings is 1. The zero-order valence-corrected chi connectivity index (χ0v) is 15.9. The maximum Gasteiger partial charge on any atom is 0.232 e. The van der Waals surface area contributed by atoms with Gasteiger partial charge in [0, 0.05) is 17.3 Å². The molecular formula is C20H18F2N2O3S. The molecular weight excluding hydrogens is 386 g/mol. The highest BCUT2D eigenvalue weighted by Gasteiger charge is 2.17. The van der Waals surface area contributed by atoms with Crippen molar-refractivity contribution in [2.24, 2.45) is 0 Å². The van der Waals surface area contributed by atoms with Crippen LogP contribution in [-0.2, 0) is 27.9 Å². The van der Waals surface area contributed by atoms with Crippen molar-refractivity contribution < 1.29 is 22.2 Å². The van der Waals surface area contributed by atoms with E-state index in [1.165, 1.54) is 18.2 Å². The Morgan fingerprint density at radius 3 is 2.57 bits per heavy atom. The molecule has 28 heavy (non-hydrogen) atoms. The highest BCUT2D eigenvalue weighted by molar-refractivity contribution is 7.84. The molecule has 1 heterocycles. The molecule has 0 saturated heterocycles. The summed E-state index contributed by atoms with van der Waals surface area (Å²) in [7, 11) is -1.51. The van der Waals surface area contributed by atoms with Crippen molar-refractivity contribution >= 4 is 16.7 Å². The fourth-order valence-corrected chi connectivity index (χ4v) is 3.58. The van der Waals surface area contributed by atoms with E-state index in [9.17, 15) is 17.8 Å². The molecule has 0 radical (unpaired) electrons. The van der Waals surface area contributed by atoms with Crippen LogP contribution in [0.4, 0.5) is 8.78 Å². The molecule has 146 valence electrons. The van der Waals surface area contributed by atoms with Crippen molar-refractivity contribution in [1.29, 1.82) is 0 Å². The minimum absolute atomic E-state index is 0.0216. The average Bonchev–Trinajstić information content (AvgIpc) is 3.01. The first-order valence-electron chi connectivity index (χ1n) is 8.49. The number of rotatable bonds is 7. The SMILES string of the molecule is Cc1oc(-c2ccccc2F)nc1C[S@@](=O)CC(=O)NCc1ccc(F)cc1. The number of halogens is 2. The first kappa shape index (κ1) is 19.9. The van der Waals surface area contributed by atoms with E-state index in [1.54, 1.807) is 37.3 Å². The van der Waals surface area contributed by atoms with Gasteiger partial charge in [0.05, 0.1) is 17.0 Å². The molecule has 0 spiro atoms. The van der Waals surface area contributed by atoms with Gasteiger partial charge in [-0.15, -0.1) is 0 Å². The van der Waals surface area contributed by atoms with Crippen molar-refractivity contribution in [3.8, 4) is 11.5 Å². The molecule has 1 amide bonds. The number of nitrogens with zero attached hydrogens (tertiary/aromatic N) is 1. The predicted molar refractivity (Wildman–Crippen MR) is 102 cm³/mol. The molecule has 0 saturated carbocycles. The third-order valence-electron chi connectivity index (χ3n) is 3.99. The van der Waals surface area contributed by atoms with Gasteiger partial charge in [0.25, 0.3) is 0 Å². The van der Waals surface area contributed by atoms with Crippen LogP contribution < -0.4 is 5.32 Å². The van der Waals surface area contributed by atoms with Gasteiger partial charge in [0.2, 0.25) is 11.8 Å². The molecule has 3 rings (SSSR count). The lowest BCUT2D eigenvalue weighted by atomic mass is 10.2. The minimum Gasteiger partial charge on any atom is -0.441 e. The molecule has 0 aliphatic carbocycles. The van der Waals surface area contributed by atoms with Crippen molar-refractivity contribution in [3.05, 3.63) is 77.2 Å². The Morgan fingerprint density at radius 2 is 1.86 bits per heavy atom. The van der Waals surface area contributed by atoms with E-state index in [1.807, 2.05) is 0 Å². The van der Waals surface area contributed by atoms with Crippen LogP contribution in [0.25, 0.3) is 11.5 Å². The summed E-state index contributed by atoms with van der Waals surface area (Å²) in [5.41, 5.74) is 1.38. The number of amides is 1. The predicted octanol–water partition coefficient (Wildman–Crippen LogP) is 3.49. The molecule has 1 atom stereocenters. The maximum atomic E-state index is 13.9. The Bertz CT molecular complexity index is 1000. The molecule has 1 aromatic heterocycles. The molecule has 0 unspecified atom stereocenters. The van der Waals surface area contributed by atoms with Crippen LogP contribution in [0.1, 0.15) is 17.0 Å². The fourth-order valence-electron chi connectivity index (χ4n) is 2.52. The van der Waals surface area contributed by atoms with Gasteiger partial charge in [-0.05, 0) is 36.8 Å². The normalized spacial score (nSPS) is 12.0. The first-order chi connectivity index (χ1) is 13.4.